The summed E-state index contributed by atoms with van der Waals surface area (Å²) in [4.78, 5) is 4.59. The van der Waals surface area contributed by atoms with Gasteiger partial charge in [0, 0.05) is 12.6 Å². The number of nitrogens with two attached hydrogens (primary N) is 1. The maximum Gasteiger partial charge on any atom is 0.233 e. The zero-order valence-corrected chi connectivity index (χ0v) is 12.0. The molecule has 2 atom stereocenters. The Kier molecular flexibility index (Phi) is 4.05. The monoisotopic (exact) mass is 281 g/mol. The first-order valence-corrected chi connectivity index (χ1v) is 7.56. The minimum Gasteiger partial charge on any atom is -0.379 e. The quantitative estimate of drug-likeness (QED) is 0.904. The van der Waals surface area contributed by atoms with Crippen LogP contribution in [0.2, 0.25) is 0 Å². The lowest BCUT2D eigenvalue weighted by Gasteiger charge is -2.33. The Bertz CT molecular complexity index is 437. The fourth-order valence-corrected chi connectivity index (χ4v) is 3.23. The summed E-state index contributed by atoms with van der Waals surface area (Å²) in [5.74, 6) is 1.29. The molecular weight excluding hydrogens is 258 g/mol. The summed E-state index contributed by atoms with van der Waals surface area (Å²) in [7, 11) is 0. The topological polar surface area (TPSA) is 83.4 Å². The van der Waals surface area contributed by atoms with Crippen LogP contribution in [-0.2, 0) is 15.1 Å². The molecule has 112 valence electrons. The molecule has 0 spiro atoms. The molecule has 0 bridgehead atoms. The van der Waals surface area contributed by atoms with E-state index in [2.05, 4.69) is 10.1 Å². The molecule has 20 heavy (non-hydrogen) atoms. The van der Waals surface area contributed by atoms with Crippen LogP contribution in [0.5, 0.6) is 0 Å². The van der Waals surface area contributed by atoms with Gasteiger partial charge in [-0.3, -0.25) is 0 Å². The molecule has 1 saturated heterocycles. The van der Waals surface area contributed by atoms with Gasteiger partial charge >= 0.3 is 0 Å². The maximum absolute atomic E-state index is 6.01. The summed E-state index contributed by atoms with van der Waals surface area (Å²) in [6.45, 7) is 3.79. The zero-order valence-electron chi connectivity index (χ0n) is 12.0. The van der Waals surface area contributed by atoms with Crippen LogP contribution >= 0.6 is 0 Å². The van der Waals surface area contributed by atoms with Crippen LogP contribution in [0.4, 0.5) is 0 Å². The van der Waals surface area contributed by atoms with Crippen LogP contribution < -0.4 is 5.73 Å². The molecule has 6 nitrogen and oxygen atoms in total. The first-order valence-electron chi connectivity index (χ1n) is 7.56. The largest absolute Gasteiger partial charge is 0.379 e. The Morgan fingerprint density at radius 1 is 1.30 bits per heavy atom. The fourth-order valence-electron chi connectivity index (χ4n) is 3.23. The van der Waals surface area contributed by atoms with Crippen molar-refractivity contribution in [1.82, 2.24) is 10.1 Å². The van der Waals surface area contributed by atoms with Gasteiger partial charge in [-0.05, 0) is 19.8 Å². The Hall–Kier alpha value is -0.980. The van der Waals surface area contributed by atoms with E-state index >= 15 is 0 Å². The standard InChI is InChI=1S/C14H23N3O3/c1-2-19-14(6-4-3-5-7-14)13-16-12(20-17-13)10-8-18-9-11(10)15/h10-11H,2-9,15H2,1H3. The highest BCUT2D eigenvalue weighted by Crippen LogP contribution is 2.39. The van der Waals surface area contributed by atoms with E-state index in [1.54, 1.807) is 0 Å². The molecule has 6 heteroatoms. The molecule has 3 rings (SSSR count). The second-order valence-electron chi connectivity index (χ2n) is 5.75. The molecule has 2 aliphatic rings. The van der Waals surface area contributed by atoms with Gasteiger partial charge in [0.15, 0.2) is 0 Å². The van der Waals surface area contributed by atoms with Crippen molar-refractivity contribution in [3.63, 3.8) is 0 Å². The lowest BCUT2D eigenvalue weighted by Crippen LogP contribution is -2.34. The van der Waals surface area contributed by atoms with E-state index in [0.29, 0.717) is 31.5 Å². The average Bonchev–Trinajstić information content (AvgIpc) is 3.08. The molecule has 0 amide bonds. The third-order valence-corrected chi connectivity index (χ3v) is 4.37. The van der Waals surface area contributed by atoms with E-state index in [-0.39, 0.29) is 17.6 Å². The van der Waals surface area contributed by atoms with Gasteiger partial charge in [-0.15, -0.1) is 0 Å². The Morgan fingerprint density at radius 3 is 2.75 bits per heavy atom. The molecule has 1 aromatic heterocycles. The van der Waals surface area contributed by atoms with E-state index in [0.717, 1.165) is 25.7 Å². The van der Waals surface area contributed by atoms with E-state index < -0.39 is 0 Å². The van der Waals surface area contributed by atoms with Crippen molar-refractivity contribution in [3.05, 3.63) is 11.7 Å². The van der Waals surface area contributed by atoms with Crippen LogP contribution in [0.15, 0.2) is 4.52 Å². The third-order valence-electron chi connectivity index (χ3n) is 4.37. The Labute approximate surface area is 119 Å². The SMILES string of the molecule is CCOC1(c2noc(C3COCC3N)n2)CCCCC1. The van der Waals surface area contributed by atoms with Crippen LogP contribution in [0, 0.1) is 0 Å². The second-order valence-corrected chi connectivity index (χ2v) is 5.75. The van der Waals surface area contributed by atoms with E-state index in [9.17, 15) is 0 Å². The highest BCUT2D eigenvalue weighted by Gasteiger charge is 2.40. The van der Waals surface area contributed by atoms with Crippen LogP contribution in [0.3, 0.4) is 0 Å². The molecule has 2 fully saturated rings. The number of aromatic nitrogens is 2. The van der Waals surface area contributed by atoms with Crippen molar-refractivity contribution in [3.8, 4) is 0 Å². The predicted octanol–water partition coefficient (Wildman–Crippen LogP) is 1.71. The minimum absolute atomic E-state index is 0.0125. The average molecular weight is 281 g/mol. The number of nitrogens with zero attached hydrogens (tertiary/aromatic N) is 2. The van der Waals surface area contributed by atoms with Gasteiger partial charge in [0.2, 0.25) is 11.7 Å². The van der Waals surface area contributed by atoms with Crippen molar-refractivity contribution >= 4 is 0 Å². The van der Waals surface area contributed by atoms with Gasteiger partial charge in [0.1, 0.15) is 5.60 Å². The van der Waals surface area contributed by atoms with Gasteiger partial charge < -0.3 is 19.7 Å². The molecule has 0 radical (unpaired) electrons. The number of hydrogen-bond acceptors (Lipinski definition) is 6. The number of hydrogen-bond donors (Lipinski definition) is 1. The molecular formula is C14H23N3O3. The summed E-state index contributed by atoms with van der Waals surface area (Å²) in [5.41, 5.74) is 5.64. The number of ether oxygens (including phenoxy) is 2. The smallest absolute Gasteiger partial charge is 0.233 e. The molecule has 1 aliphatic carbocycles. The van der Waals surface area contributed by atoms with Gasteiger partial charge in [0.05, 0.1) is 19.1 Å². The van der Waals surface area contributed by atoms with Crippen molar-refractivity contribution < 1.29 is 14.0 Å². The first kappa shape index (κ1) is 14.0. The lowest BCUT2D eigenvalue weighted by atomic mass is 9.84. The van der Waals surface area contributed by atoms with Crippen LogP contribution in [0.1, 0.15) is 56.7 Å². The van der Waals surface area contributed by atoms with Crippen molar-refractivity contribution in [1.29, 1.82) is 0 Å². The Balaban J connectivity index is 1.83. The van der Waals surface area contributed by atoms with Crippen molar-refractivity contribution in [2.24, 2.45) is 5.73 Å². The zero-order chi connectivity index (χ0) is 14.0. The van der Waals surface area contributed by atoms with Crippen LogP contribution in [-0.4, -0.2) is 36.0 Å². The summed E-state index contributed by atoms with van der Waals surface area (Å²) < 4.78 is 16.8. The van der Waals surface area contributed by atoms with E-state index in [1.165, 1.54) is 6.42 Å². The summed E-state index contributed by atoms with van der Waals surface area (Å²) in [6, 6.07) is -0.0577. The molecule has 1 saturated carbocycles. The molecule has 0 aromatic carbocycles. The summed E-state index contributed by atoms with van der Waals surface area (Å²) in [6.07, 6.45) is 5.48. The first-order chi connectivity index (χ1) is 9.75. The van der Waals surface area contributed by atoms with Gasteiger partial charge in [-0.2, -0.15) is 4.98 Å². The fraction of sp³-hybridized carbons (Fsp3) is 0.857. The minimum atomic E-state index is -0.363. The van der Waals surface area contributed by atoms with Crippen LogP contribution in [0.25, 0.3) is 0 Å². The molecule has 1 aromatic rings. The molecule has 1 aliphatic heterocycles. The number of rotatable bonds is 4. The highest BCUT2D eigenvalue weighted by atomic mass is 16.5. The molecule has 2 unspecified atom stereocenters. The van der Waals surface area contributed by atoms with Gasteiger partial charge in [0.25, 0.3) is 0 Å². The lowest BCUT2D eigenvalue weighted by molar-refractivity contribution is -0.0777. The molecule has 2 N–H and O–H groups in total. The van der Waals surface area contributed by atoms with Gasteiger partial charge in [-0.1, -0.05) is 24.4 Å². The normalized spacial score (nSPS) is 29.7. The molecule has 2 heterocycles. The predicted molar refractivity (Wildman–Crippen MR) is 72.2 cm³/mol. The maximum atomic E-state index is 6.01. The van der Waals surface area contributed by atoms with Crippen molar-refractivity contribution in [2.75, 3.05) is 19.8 Å². The highest BCUT2D eigenvalue weighted by molar-refractivity contribution is 5.08. The van der Waals surface area contributed by atoms with Crippen molar-refractivity contribution in [2.45, 2.75) is 56.6 Å². The summed E-state index contributed by atoms with van der Waals surface area (Å²) in [5, 5.41) is 4.19. The second kappa shape index (κ2) is 5.79. The third kappa shape index (κ3) is 2.47. The Morgan fingerprint density at radius 2 is 2.10 bits per heavy atom. The van der Waals surface area contributed by atoms with Gasteiger partial charge in [-0.25, -0.2) is 0 Å². The summed E-state index contributed by atoms with van der Waals surface area (Å²) >= 11 is 0. The van der Waals surface area contributed by atoms with E-state index in [4.69, 9.17) is 19.7 Å². The van der Waals surface area contributed by atoms with E-state index in [1.807, 2.05) is 6.92 Å².